The molecule has 10 nitrogen and oxygen atoms in total. The van der Waals surface area contributed by atoms with Crippen LogP contribution >= 0.6 is 0 Å². The van der Waals surface area contributed by atoms with Crippen molar-refractivity contribution >= 4 is 11.8 Å². The van der Waals surface area contributed by atoms with E-state index in [2.05, 4.69) is 4.98 Å². The van der Waals surface area contributed by atoms with Crippen molar-refractivity contribution in [3.05, 3.63) is 82.5 Å². The first kappa shape index (κ1) is 24.4. The van der Waals surface area contributed by atoms with Crippen LogP contribution in [0.25, 0.3) is 0 Å². The molecule has 1 aromatic heterocycles. The summed E-state index contributed by atoms with van der Waals surface area (Å²) in [4.78, 5) is 46.2. The van der Waals surface area contributed by atoms with Crippen molar-refractivity contribution in [2.45, 2.75) is 25.4 Å². The van der Waals surface area contributed by atoms with Gasteiger partial charge in [0.15, 0.2) is 12.3 Å². The van der Waals surface area contributed by atoms with Gasteiger partial charge in [0.05, 0.1) is 12.6 Å². The lowest BCUT2D eigenvalue weighted by atomic mass is 10.1. The summed E-state index contributed by atoms with van der Waals surface area (Å²) in [6.07, 6.45) is 1.32. The van der Waals surface area contributed by atoms with E-state index in [-0.39, 0.29) is 24.8 Å². The molecule has 0 bridgehead atoms. The molecule has 1 saturated heterocycles. The van der Waals surface area contributed by atoms with Crippen LogP contribution in [0.1, 0.15) is 35.2 Å². The number of fused-ring (bicyclic) bond motifs is 1. The van der Waals surface area contributed by atoms with Gasteiger partial charge in [0, 0.05) is 19.6 Å². The van der Waals surface area contributed by atoms with Gasteiger partial charge in [-0.3, -0.25) is 14.4 Å². The molecule has 2 amide bonds. The van der Waals surface area contributed by atoms with E-state index in [9.17, 15) is 19.5 Å². The fourth-order valence-corrected chi connectivity index (χ4v) is 4.81. The maximum absolute atomic E-state index is 13.3. The first-order valence-electron chi connectivity index (χ1n) is 12.3. The Kier molecular flexibility index (Phi) is 7.07. The van der Waals surface area contributed by atoms with Crippen molar-refractivity contribution in [3.63, 3.8) is 0 Å². The van der Waals surface area contributed by atoms with Crippen LogP contribution in [0.3, 0.4) is 0 Å². The van der Waals surface area contributed by atoms with Crippen molar-refractivity contribution in [1.29, 1.82) is 0 Å². The van der Waals surface area contributed by atoms with Crippen molar-refractivity contribution < 1.29 is 24.2 Å². The van der Waals surface area contributed by atoms with Crippen LogP contribution in [-0.4, -0.2) is 69.1 Å². The van der Waals surface area contributed by atoms with E-state index in [1.807, 2.05) is 48.5 Å². The third-order valence-corrected chi connectivity index (χ3v) is 6.62. The number of carbonyl (C=O) groups is 2. The van der Waals surface area contributed by atoms with Gasteiger partial charge in [0.25, 0.3) is 11.8 Å². The summed E-state index contributed by atoms with van der Waals surface area (Å²) in [6, 6.07) is 17.8. The number of nitrogens with zero attached hydrogens (tertiary/aromatic N) is 4. The summed E-state index contributed by atoms with van der Waals surface area (Å²) in [6.45, 7) is 1.60. The van der Waals surface area contributed by atoms with E-state index in [0.29, 0.717) is 49.9 Å². The summed E-state index contributed by atoms with van der Waals surface area (Å²) in [5.74, 6) is 0.224. The van der Waals surface area contributed by atoms with E-state index < -0.39 is 23.3 Å². The molecule has 1 unspecified atom stereocenters. The fourth-order valence-electron chi connectivity index (χ4n) is 4.81. The number of carbonyl (C=O) groups excluding carboxylic acids is 2. The van der Waals surface area contributed by atoms with Crippen LogP contribution in [0.2, 0.25) is 0 Å². The van der Waals surface area contributed by atoms with Gasteiger partial charge in [0.2, 0.25) is 5.75 Å². The molecule has 2 aliphatic rings. The summed E-state index contributed by atoms with van der Waals surface area (Å²) >= 11 is 0. The highest BCUT2D eigenvalue weighted by molar-refractivity contribution is 5.95. The van der Waals surface area contributed by atoms with Crippen LogP contribution in [0.15, 0.2) is 65.5 Å². The molecular formula is C27H28N4O6. The van der Waals surface area contributed by atoms with Gasteiger partial charge in [0.1, 0.15) is 23.9 Å². The zero-order valence-corrected chi connectivity index (χ0v) is 20.3. The molecule has 192 valence electrons. The molecule has 3 aromatic rings. The quantitative estimate of drug-likeness (QED) is 0.500. The number of hydrogen-bond acceptors (Lipinski definition) is 7. The van der Waals surface area contributed by atoms with Gasteiger partial charge in [-0.15, -0.1) is 0 Å². The lowest BCUT2D eigenvalue weighted by molar-refractivity contribution is -0.134. The normalized spacial score (nSPS) is 17.0. The second kappa shape index (κ2) is 10.7. The lowest BCUT2D eigenvalue weighted by Gasteiger charge is -2.33. The number of aromatic hydroxyl groups is 1. The van der Waals surface area contributed by atoms with Crippen LogP contribution in [0, 0.1) is 0 Å². The van der Waals surface area contributed by atoms with Crippen LogP contribution < -0.4 is 15.0 Å². The largest absolute Gasteiger partial charge is 0.501 e. The molecule has 5 rings (SSSR count). The molecule has 10 heteroatoms. The molecule has 1 N–H and O–H groups in total. The topological polar surface area (TPSA) is 114 Å². The van der Waals surface area contributed by atoms with E-state index >= 15 is 0 Å². The van der Waals surface area contributed by atoms with Gasteiger partial charge in [-0.05, 0) is 37.1 Å². The Labute approximate surface area is 213 Å². The standard InChI is InChI=1S/C27H28N4O6/c32-22(18-37-20-10-5-2-6-11-20)30-13-7-12-21(30)25-28-26(34)24(33)23-27(35)29(14-15-31(23)25)16-17-36-19-8-3-1-4-9-19/h1-6,8-11,21,33H,7,12-18H2. The smallest absolute Gasteiger partial charge is 0.315 e. The third kappa shape index (κ3) is 5.13. The Balaban J connectivity index is 1.33. The number of amides is 2. The molecule has 1 atom stereocenters. The molecule has 2 aliphatic heterocycles. The number of aromatic nitrogens is 2. The monoisotopic (exact) mass is 504 g/mol. The number of rotatable bonds is 8. The highest BCUT2D eigenvalue weighted by Crippen LogP contribution is 2.33. The second-order valence-electron chi connectivity index (χ2n) is 8.92. The van der Waals surface area contributed by atoms with E-state index in [1.54, 1.807) is 26.5 Å². The molecule has 3 heterocycles. The molecule has 2 aromatic carbocycles. The second-order valence-corrected chi connectivity index (χ2v) is 8.92. The predicted molar refractivity (Wildman–Crippen MR) is 134 cm³/mol. The highest BCUT2D eigenvalue weighted by atomic mass is 16.5. The minimum Gasteiger partial charge on any atom is -0.501 e. The van der Waals surface area contributed by atoms with Crippen LogP contribution in [0.5, 0.6) is 17.2 Å². The van der Waals surface area contributed by atoms with Crippen LogP contribution in [0.4, 0.5) is 0 Å². The Morgan fingerprint density at radius 3 is 2.32 bits per heavy atom. The number of benzene rings is 2. The highest BCUT2D eigenvalue weighted by Gasteiger charge is 2.37. The number of likely N-dealkylation sites (tertiary alicyclic amines) is 1. The minimum atomic E-state index is -0.878. The van der Waals surface area contributed by atoms with Gasteiger partial charge >= 0.3 is 5.56 Å². The summed E-state index contributed by atoms with van der Waals surface area (Å²) < 4.78 is 12.9. The van der Waals surface area contributed by atoms with E-state index in [0.717, 1.165) is 6.42 Å². The Hall–Kier alpha value is -4.34. The third-order valence-electron chi connectivity index (χ3n) is 6.62. The Morgan fingerprint density at radius 2 is 1.62 bits per heavy atom. The molecule has 1 fully saturated rings. The average molecular weight is 505 g/mol. The summed E-state index contributed by atoms with van der Waals surface area (Å²) in [7, 11) is 0. The van der Waals surface area contributed by atoms with Crippen molar-refractivity contribution in [3.8, 4) is 17.2 Å². The number of para-hydroxylation sites is 2. The van der Waals surface area contributed by atoms with Crippen molar-refractivity contribution in [1.82, 2.24) is 19.4 Å². The van der Waals surface area contributed by atoms with Crippen molar-refractivity contribution in [2.24, 2.45) is 0 Å². The lowest BCUT2D eigenvalue weighted by Crippen LogP contribution is -2.46. The zero-order valence-electron chi connectivity index (χ0n) is 20.3. The summed E-state index contributed by atoms with van der Waals surface area (Å²) in [5.41, 5.74) is -0.974. The SMILES string of the molecule is O=C1c2c(O)c(=O)nc(C3CCCN3C(=O)COc3ccccc3)n2CCN1CCOc1ccccc1. The van der Waals surface area contributed by atoms with E-state index in [4.69, 9.17) is 9.47 Å². The Morgan fingerprint density at radius 1 is 0.946 bits per heavy atom. The van der Waals surface area contributed by atoms with Crippen LogP contribution in [-0.2, 0) is 11.3 Å². The fraction of sp³-hybridized carbons (Fsp3) is 0.333. The first-order chi connectivity index (χ1) is 18.0. The first-order valence-corrected chi connectivity index (χ1v) is 12.3. The van der Waals surface area contributed by atoms with Gasteiger partial charge in [-0.1, -0.05) is 36.4 Å². The van der Waals surface area contributed by atoms with Gasteiger partial charge in [-0.2, -0.15) is 4.98 Å². The molecule has 0 radical (unpaired) electrons. The van der Waals surface area contributed by atoms with Gasteiger partial charge < -0.3 is 28.9 Å². The summed E-state index contributed by atoms with van der Waals surface area (Å²) in [5, 5.41) is 10.5. The zero-order chi connectivity index (χ0) is 25.8. The number of ether oxygens (including phenoxy) is 2. The average Bonchev–Trinajstić information content (AvgIpc) is 3.41. The maximum atomic E-state index is 13.3. The van der Waals surface area contributed by atoms with E-state index in [1.165, 1.54) is 0 Å². The molecule has 0 saturated carbocycles. The number of hydrogen-bond donors (Lipinski definition) is 1. The molecule has 0 aliphatic carbocycles. The maximum Gasteiger partial charge on any atom is 0.315 e. The molecule has 0 spiro atoms. The molecular weight excluding hydrogens is 476 g/mol. The minimum absolute atomic E-state index is 0.0965. The predicted octanol–water partition coefficient (Wildman–Crippen LogP) is 2.23. The Bertz CT molecular complexity index is 1330. The van der Waals surface area contributed by atoms with Gasteiger partial charge in [-0.25, -0.2) is 0 Å². The van der Waals surface area contributed by atoms with Crippen molar-refractivity contribution in [2.75, 3.05) is 32.8 Å². The molecule has 37 heavy (non-hydrogen) atoms.